The van der Waals surface area contributed by atoms with Gasteiger partial charge in [0.15, 0.2) is 0 Å². The SMILES string of the molecule is CC(C)(C)OC(=O)N[C@@H](CO)C[C@@H](Oc1ccc(C(F)(F)F)cc1)c1ccccc1. The molecule has 0 saturated heterocycles. The average Bonchev–Trinajstić information content (AvgIpc) is 2.65. The number of hydrogen-bond donors (Lipinski definition) is 2. The molecule has 2 rings (SSSR count). The number of carbonyl (C=O) groups is 1. The van der Waals surface area contributed by atoms with Crippen molar-refractivity contribution in [2.75, 3.05) is 6.61 Å². The number of nitrogens with one attached hydrogen (secondary N) is 1. The van der Waals surface area contributed by atoms with Crippen LogP contribution in [0.2, 0.25) is 0 Å². The molecular weight excluding hydrogens is 399 g/mol. The molecule has 0 fully saturated rings. The summed E-state index contributed by atoms with van der Waals surface area (Å²) in [5, 5.41) is 12.3. The third kappa shape index (κ3) is 7.59. The molecule has 0 aromatic heterocycles. The number of carbonyl (C=O) groups excluding carboxylic acids is 1. The van der Waals surface area contributed by atoms with Crippen molar-refractivity contribution < 1.29 is 32.5 Å². The summed E-state index contributed by atoms with van der Waals surface area (Å²) in [4.78, 5) is 12.0. The Balaban J connectivity index is 2.16. The summed E-state index contributed by atoms with van der Waals surface area (Å²) in [6.45, 7) is 4.81. The summed E-state index contributed by atoms with van der Waals surface area (Å²) in [6.07, 6.45) is -5.55. The number of aliphatic hydroxyl groups excluding tert-OH is 1. The van der Waals surface area contributed by atoms with E-state index in [0.717, 1.165) is 17.7 Å². The molecule has 0 spiro atoms. The van der Waals surface area contributed by atoms with Crippen molar-refractivity contribution in [3.63, 3.8) is 0 Å². The van der Waals surface area contributed by atoms with Crippen molar-refractivity contribution in [3.05, 3.63) is 65.7 Å². The third-order valence-corrected chi connectivity index (χ3v) is 4.07. The van der Waals surface area contributed by atoms with Gasteiger partial charge in [0, 0.05) is 6.42 Å². The van der Waals surface area contributed by atoms with Crippen molar-refractivity contribution in [2.45, 2.75) is 51.1 Å². The highest BCUT2D eigenvalue weighted by atomic mass is 19.4. The Morgan fingerprint density at radius 3 is 2.13 bits per heavy atom. The minimum Gasteiger partial charge on any atom is -0.486 e. The second-order valence-corrected chi connectivity index (χ2v) is 7.80. The lowest BCUT2D eigenvalue weighted by Crippen LogP contribution is -2.42. The fourth-order valence-corrected chi connectivity index (χ4v) is 2.72. The van der Waals surface area contributed by atoms with Gasteiger partial charge in [-0.3, -0.25) is 0 Å². The molecule has 0 radical (unpaired) electrons. The molecule has 1 amide bonds. The molecular formula is C22H26F3NO4. The predicted octanol–water partition coefficient (Wildman–Crippen LogP) is 5.10. The van der Waals surface area contributed by atoms with Crippen LogP contribution in [0.3, 0.4) is 0 Å². The number of alkyl halides is 3. The second kappa shape index (κ2) is 9.84. The Morgan fingerprint density at radius 1 is 1.03 bits per heavy atom. The van der Waals surface area contributed by atoms with Crippen LogP contribution in [0.25, 0.3) is 0 Å². The zero-order chi connectivity index (χ0) is 22.4. The van der Waals surface area contributed by atoms with E-state index in [4.69, 9.17) is 9.47 Å². The van der Waals surface area contributed by atoms with Gasteiger partial charge in [-0.1, -0.05) is 30.3 Å². The molecule has 2 aromatic rings. The highest BCUT2D eigenvalue weighted by Crippen LogP contribution is 2.32. The minimum absolute atomic E-state index is 0.181. The molecule has 2 N–H and O–H groups in total. The van der Waals surface area contributed by atoms with Crippen molar-refractivity contribution >= 4 is 6.09 Å². The Bertz CT molecular complexity index is 802. The summed E-state index contributed by atoms with van der Waals surface area (Å²) < 4.78 is 49.5. The zero-order valence-electron chi connectivity index (χ0n) is 17.1. The molecule has 30 heavy (non-hydrogen) atoms. The van der Waals surface area contributed by atoms with Crippen LogP contribution in [0.1, 0.15) is 44.4 Å². The van der Waals surface area contributed by atoms with Gasteiger partial charge in [0.1, 0.15) is 17.5 Å². The van der Waals surface area contributed by atoms with Crippen LogP contribution in [0, 0.1) is 0 Å². The summed E-state index contributed by atoms with van der Waals surface area (Å²) in [6, 6.07) is 12.7. The van der Waals surface area contributed by atoms with E-state index in [1.807, 2.05) is 6.07 Å². The number of hydrogen-bond acceptors (Lipinski definition) is 4. The van der Waals surface area contributed by atoms with E-state index in [0.29, 0.717) is 0 Å². The normalized spacial score (nSPS) is 14.0. The lowest BCUT2D eigenvalue weighted by Gasteiger charge is -2.26. The van der Waals surface area contributed by atoms with Crippen LogP contribution >= 0.6 is 0 Å². The number of aliphatic hydroxyl groups is 1. The standard InChI is InChI=1S/C22H26F3NO4/c1-21(2,3)30-20(28)26-17(14-27)13-19(15-7-5-4-6-8-15)29-18-11-9-16(10-12-18)22(23,24)25/h4-12,17,19,27H,13-14H2,1-3H3,(H,26,28)/t17-,19-/m1/s1. The molecule has 0 unspecified atom stereocenters. The lowest BCUT2D eigenvalue weighted by molar-refractivity contribution is -0.137. The summed E-state index contributed by atoms with van der Waals surface area (Å²) in [7, 11) is 0. The van der Waals surface area contributed by atoms with Gasteiger partial charge in [-0.25, -0.2) is 4.79 Å². The van der Waals surface area contributed by atoms with Gasteiger partial charge in [-0.15, -0.1) is 0 Å². The van der Waals surface area contributed by atoms with Gasteiger partial charge in [0.25, 0.3) is 0 Å². The van der Waals surface area contributed by atoms with E-state index >= 15 is 0 Å². The summed E-state index contributed by atoms with van der Waals surface area (Å²) in [5.41, 5.74) is -0.715. The summed E-state index contributed by atoms with van der Waals surface area (Å²) in [5.74, 6) is 0.241. The highest BCUT2D eigenvalue weighted by Gasteiger charge is 2.30. The van der Waals surface area contributed by atoms with Crippen LogP contribution < -0.4 is 10.1 Å². The van der Waals surface area contributed by atoms with E-state index in [-0.39, 0.29) is 18.8 Å². The van der Waals surface area contributed by atoms with Crippen LogP contribution in [-0.2, 0) is 10.9 Å². The zero-order valence-corrected chi connectivity index (χ0v) is 17.1. The molecule has 0 saturated carbocycles. The third-order valence-electron chi connectivity index (χ3n) is 4.07. The maximum Gasteiger partial charge on any atom is 0.416 e. The van der Waals surface area contributed by atoms with E-state index in [9.17, 15) is 23.1 Å². The van der Waals surface area contributed by atoms with Gasteiger partial charge in [0.05, 0.1) is 18.2 Å². The van der Waals surface area contributed by atoms with Crippen molar-refractivity contribution in [3.8, 4) is 5.75 Å². The molecule has 2 aromatic carbocycles. The minimum atomic E-state index is -4.43. The lowest BCUT2D eigenvalue weighted by atomic mass is 10.0. The number of ether oxygens (including phenoxy) is 2. The molecule has 0 bridgehead atoms. The number of benzene rings is 2. The number of halogens is 3. The predicted molar refractivity (Wildman–Crippen MR) is 106 cm³/mol. The monoisotopic (exact) mass is 425 g/mol. The van der Waals surface area contributed by atoms with Crippen molar-refractivity contribution in [1.29, 1.82) is 0 Å². The van der Waals surface area contributed by atoms with Crippen LogP contribution in [0.4, 0.5) is 18.0 Å². The first-order chi connectivity index (χ1) is 14.0. The van der Waals surface area contributed by atoms with Gasteiger partial charge < -0.3 is 19.9 Å². The second-order valence-electron chi connectivity index (χ2n) is 7.80. The first-order valence-electron chi connectivity index (χ1n) is 9.47. The van der Waals surface area contributed by atoms with Crippen LogP contribution in [0.5, 0.6) is 5.75 Å². The Morgan fingerprint density at radius 2 is 1.63 bits per heavy atom. The Hall–Kier alpha value is -2.74. The maximum atomic E-state index is 12.8. The first kappa shape index (κ1) is 23.5. The summed E-state index contributed by atoms with van der Waals surface area (Å²) >= 11 is 0. The fraction of sp³-hybridized carbons (Fsp3) is 0.409. The van der Waals surface area contributed by atoms with Crippen LogP contribution in [-0.4, -0.2) is 29.4 Å². The molecule has 0 aliphatic carbocycles. The van der Waals surface area contributed by atoms with Gasteiger partial charge in [-0.05, 0) is 50.6 Å². The van der Waals surface area contributed by atoms with Crippen molar-refractivity contribution in [2.24, 2.45) is 0 Å². The van der Waals surface area contributed by atoms with Gasteiger partial charge >= 0.3 is 12.3 Å². The van der Waals surface area contributed by atoms with E-state index in [2.05, 4.69) is 5.32 Å². The van der Waals surface area contributed by atoms with Crippen molar-refractivity contribution in [1.82, 2.24) is 5.32 Å². The molecule has 0 heterocycles. The van der Waals surface area contributed by atoms with Gasteiger partial charge in [-0.2, -0.15) is 13.2 Å². The number of rotatable bonds is 7. The number of alkyl carbamates (subject to hydrolysis) is 1. The maximum absolute atomic E-state index is 12.8. The topological polar surface area (TPSA) is 67.8 Å². The van der Waals surface area contributed by atoms with E-state index in [1.165, 1.54) is 12.1 Å². The molecule has 0 aliphatic rings. The molecule has 8 heteroatoms. The molecule has 5 nitrogen and oxygen atoms in total. The molecule has 164 valence electrons. The largest absolute Gasteiger partial charge is 0.486 e. The fourth-order valence-electron chi connectivity index (χ4n) is 2.72. The quantitative estimate of drug-likeness (QED) is 0.648. The van der Waals surface area contributed by atoms with Crippen LogP contribution in [0.15, 0.2) is 54.6 Å². The highest BCUT2D eigenvalue weighted by molar-refractivity contribution is 5.68. The Labute approximate surface area is 173 Å². The average molecular weight is 425 g/mol. The van der Waals surface area contributed by atoms with E-state index in [1.54, 1.807) is 45.0 Å². The van der Waals surface area contributed by atoms with Gasteiger partial charge in [0.2, 0.25) is 0 Å². The molecule has 2 atom stereocenters. The molecule has 0 aliphatic heterocycles. The van der Waals surface area contributed by atoms with E-state index < -0.39 is 35.6 Å². The number of amides is 1. The smallest absolute Gasteiger partial charge is 0.416 e. The Kier molecular flexibility index (Phi) is 7.72. The first-order valence-corrected chi connectivity index (χ1v) is 9.47.